The van der Waals surface area contributed by atoms with E-state index in [2.05, 4.69) is 16.0 Å². The van der Waals surface area contributed by atoms with Crippen LogP contribution in [0, 0.1) is 5.92 Å². The second kappa shape index (κ2) is 16.4. The Morgan fingerprint density at radius 2 is 1.26 bits per heavy atom. The average molecular weight is 634 g/mol. The molecule has 3 aromatic carbocycles. The maximum absolute atomic E-state index is 13.7. The Morgan fingerprint density at radius 1 is 0.761 bits per heavy atom. The first-order valence-corrected chi connectivity index (χ1v) is 15.4. The molecule has 0 radical (unpaired) electrons. The van der Waals surface area contributed by atoms with Crippen molar-refractivity contribution in [2.45, 2.75) is 76.1 Å². The molecule has 11 heteroatoms. The third-order valence-corrected chi connectivity index (χ3v) is 8.05. The van der Waals surface area contributed by atoms with Gasteiger partial charge in [-0.05, 0) is 34.6 Å². The molecule has 3 aromatic rings. The van der Waals surface area contributed by atoms with E-state index in [0.29, 0.717) is 23.1 Å². The quantitative estimate of drug-likeness (QED) is 0.147. The highest BCUT2D eigenvalue weighted by molar-refractivity contribution is 5.90. The fourth-order valence-corrected chi connectivity index (χ4v) is 5.43. The minimum absolute atomic E-state index is 0.0933. The van der Waals surface area contributed by atoms with Gasteiger partial charge in [-0.25, -0.2) is 0 Å². The molecule has 7 atom stereocenters. The summed E-state index contributed by atoms with van der Waals surface area (Å²) in [6.45, 7) is 3.30. The zero-order valence-corrected chi connectivity index (χ0v) is 26.2. The van der Waals surface area contributed by atoms with Crippen LogP contribution in [-0.2, 0) is 43.5 Å². The summed E-state index contributed by atoms with van der Waals surface area (Å²) >= 11 is 0. The molecule has 1 unspecified atom stereocenters. The zero-order valence-electron chi connectivity index (χ0n) is 26.2. The number of carbonyl (C=O) groups excluding carboxylic acids is 3. The molecule has 46 heavy (non-hydrogen) atoms. The van der Waals surface area contributed by atoms with Crippen molar-refractivity contribution in [2.75, 3.05) is 7.05 Å². The number of hydrogen-bond donors (Lipinski definition) is 6. The number of ether oxygens (including phenoxy) is 2. The second-order valence-corrected chi connectivity index (χ2v) is 11.7. The molecule has 0 saturated heterocycles. The third-order valence-electron chi connectivity index (χ3n) is 8.05. The Labute approximate surface area is 268 Å². The van der Waals surface area contributed by atoms with Crippen LogP contribution in [0.25, 0.3) is 0 Å². The molecule has 0 aliphatic heterocycles. The number of likely N-dealkylation sites (N-methyl/N-ethyl adjacent to an activating group) is 1. The molecule has 0 fully saturated rings. The minimum Gasteiger partial charge on any atom is -0.387 e. The van der Waals surface area contributed by atoms with Crippen molar-refractivity contribution in [3.05, 3.63) is 107 Å². The van der Waals surface area contributed by atoms with Crippen molar-refractivity contribution in [1.29, 1.82) is 0 Å². The monoisotopic (exact) mass is 633 g/mol. The van der Waals surface area contributed by atoms with Gasteiger partial charge in [-0.3, -0.25) is 14.4 Å². The van der Waals surface area contributed by atoms with Crippen molar-refractivity contribution in [2.24, 2.45) is 5.92 Å². The van der Waals surface area contributed by atoms with E-state index in [0.717, 1.165) is 5.56 Å². The van der Waals surface area contributed by atoms with Crippen LogP contribution in [0.2, 0.25) is 0 Å². The van der Waals surface area contributed by atoms with Gasteiger partial charge in [0, 0.05) is 7.05 Å². The van der Waals surface area contributed by atoms with Crippen molar-refractivity contribution >= 4 is 17.7 Å². The largest absolute Gasteiger partial charge is 0.387 e. The molecule has 6 N–H and O–H groups in total. The van der Waals surface area contributed by atoms with Crippen LogP contribution in [0.15, 0.2) is 84.9 Å². The van der Waals surface area contributed by atoms with E-state index in [1.807, 2.05) is 24.3 Å². The van der Waals surface area contributed by atoms with Crippen molar-refractivity contribution < 1.29 is 39.2 Å². The predicted molar refractivity (Wildman–Crippen MR) is 170 cm³/mol. The van der Waals surface area contributed by atoms with E-state index < -0.39 is 60.3 Å². The van der Waals surface area contributed by atoms with Crippen LogP contribution in [0.3, 0.4) is 0 Å². The molecule has 0 aromatic heterocycles. The highest BCUT2D eigenvalue weighted by Crippen LogP contribution is 2.31. The topological polar surface area (TPSA) is 166 Å². The first-order chi connectivity index (χ1) is 22.1. The van der Waals surface area contributed by atoms with E-state index >= 15 is 0 Å². The van der Waals surface area contributed by atoms with E-state index in [-0.39, 0.29) is 19.1 Å². The lowest BCUT2D eigenvalue weighted by atomic mass is 9.98. The third kappa shape index (κ3) is 8.77. The molecule has 0 bridgehead atoms. The lowest BCUT2D eigenvalue weighted by molar-refractivity contribution is -0.171. The lowest BCUT2D eigenvalue weighted by Gasteiger charge is -2.32. The van der Waals surface area contributed by atoms with Crippen LogP contribution in [0.4, 0.5) is 0 Å². The maximum atomic E-state index is 13.7. The number of rotatable bonds is 15. The number of aliphatic hydroxyl groups is 3. The minimum atomic E-state index is -1.96. The van der Waals surface area contributed by atoms with Crippen LogP contribution in [0.5, 0.6) is 0 Å². The summed E-state index contributed by atoms with van der Waals surface area (Å²) in [5, 5.41) is 41.8. The summed E-state index contributed by atoms with van der Waals surface area (Å²) in [6.07, 6.45) is -7.90. The summed E-state index contributed by atoms with van der Waals surface area (Å²) < 4.78 is 11.8. The molecule has 3 amide bonds. The van der Waals surface area contributed by atoms with Crippen molar-refractivity contribution in [3.63, 3.8) is 0 Å². The molecule has 0 spiro atoms. The van der Waals surface area contributed by atoms with Crippen LogP contribution in [0.1, 0.15) is 42.2 Å². The first kappa shape index (κ1) is 34.7. The summed E-state index contributed by atoms with van der Waals surface area (Å²) in [5.74, 6) is -2.39. The molecular weight excluding hydrogens is 590 g/mol. The van der Waals surface area contributed by atoms with Gasteiger partial charge in [-0.1, -0.05) is 98.8 Å². The number of aliphatic hydroxyl groups excluding tert-OH is 3. The van der Waals surface area contributed by atoms with Crippen molar-refractivity contribution in [3.8, 4) is 0 Å². The molecule has 11 nitrogen and oxygen atoms in total. The maximum Gasteiger partial charge on any atom is 0.252 e. The van der Waals surface area contributed by atoms with Gasteiger partial charge in [0.1, 0.15) is 18.2 Å². The summed E-state index contributed by atoms with van der Waals surface area (Å²) in [7, 11) is 1.44. The Hall–Kier alpha value is -4.13. The highest BCUT2D eigenvalue weighted by Gasteiger charge is 2.43. The molecular formula is C35H43N3O8. The van der Waals surface area contributed by atoms with Gasteiger partial charge in [0.15, 0.2) is 12.2 Å². The van der Waals surface area contributed by atoms with Gasteiger partial charge in [0.05, 0.1) is 25.4 Å². The Morgan fingerprint density at radius 3 is 1.76 bits per heavy atom. The number of carbonyl (C=O) groups is 3. The molecule has 1 aliphatic rings. The van der Waals surface area contributed by atoms with Gasteiger partial charge in [0.25, 0.3) is 11.8 Å². The van der Waals surface area contributed by atoms with Gasteiger partial charge in [-0.2, -0.15) is 0 Å². The first-order valence-electron chi connectivity index (χ1n) is 15.4. The van der Waals surface area contributed by atoms with E-state index in [1.165, 1.54) is 7.05 Å². The van der Waals surface area contributed by atoms with Gasteiger partial charge in [-0.15, -0.1) is 0 Å². The average Bonchev–Trinajstić information content (AvgIpc) is 3.38. The van der Waals surface area contributed by atoms with E-state index in [9.17, 15) is 29.7 Å². The summed E-state index contributed by atoms with van der Waals surface area (Å²) in [6, 6.07) is 23.5. The standard InChI is InChI=1S/C35H43N3O8/c1-21(2)27(33(42)36-3)38-35(44)32(46-20-23-14-8-5-9-15-23)30(41)29(40)31(45-19-22-12-6-4-7-13-22)34(43)37-26-18-24-16-10-11-17-25(24)28(26)39/h4-17,21,26-32,39-41H,18-20H2,1-3H3,(H,36,42)(H,37,43)(H,38,44)/t26?,27-,28-,29+,30+,31+,32+/m0/s1. The molecule has 0 saturated carbocycles. The summed E-state index contributed by atoms with van der Waals surface area (Å²) in [5.41, 5.74) is 2.97. The molecule has 246 valence electrons. The fraction of sp³-hybridized carbons (Fsp3) is 0.400. The number of fused-ring (bicyclic) bond motifs is 1. The number of benzene rings is 3. The summed E-state index contributed by atoms with van der Waals surface area (Å²) in [4.78, 5) is 39.8. The molecule has 0 heterocycles. The van der Waals surface area contributed by atoms with E-state index in [4.69, 9.17) is 9.47 Å². The van der Waals surface area contributed by atoms with Crippen LogP contribution in [-0.4, -0.2) is 76.6 Å². The van der Waals surface area contributed by atoms with Crippen LogP contribution >= 0.6 is 0 Å². The van der Waals surface area contributed by atoms with Gasteiger partial charge < -0.3 is 40.7 Å². The number of hydrogen-bond acceptors (Lipinski definition) is 8. The SMILES string of the molecule is CNC(=O)[C@@H](NC(=O)[C@H](OCc1ccccc1)[C@H](O)[C@@H](O)[C@@H](OCc1ccccc1)C(=O)NC1Cc2ccccc2[C@@H]1O)C(C)C. The predicted octanol–water partition coefficient (Wildman–Crippen LogP) is 1.54. The molecule has 4 rings (SSSR count). The number of nitrogens with one attached hydrogen (secondary N) is 3. The Balaban J connectivity index is 1.58. The second-order valence-electron chi connectivity index (χ2n) is 11.7. The normalized spacial score (nSPS) is 18.9. The Kier molecular flexibility index (Phi) is 12.4. The highest BCUT2D eigenvalue weighted by atomic mass is 16.5. The van der Waals surface area contributed by atoms with Crippen molar-refractivity contribution in [1.82, 2.24) is 16.0 Å². The zero-order chi connectivity index (χ0) is 33.2. The Bertz CT molecular complexity index is 1440. The smallest absolute Gasteiger partial charge is 0.252 e. The molecule has 1 aliphatic carbocycles. The van der Waals surface area contributed by atoms with Gasteiger partial charge in [0.2, 0.25) is 5.91 Å². The van der Waals surface area contributed by atoms with E-state index in [1.54, 1.807) is 74.5 Å². The van der Waals surface area contributed by atoms with Gasteiger partial charge >= 0.3 is 0 Å². The lowest BCUT2D eigenvalue weighted by Crippen LogP contribution is -2.59. The van der Waals surface area contributed by atoms with Crippen LogP contribution < -0.4 is 16.0 Å². The number of amides is 3. The fourth-order valence-electron chi connectivity index (χ4n) is 5.43.